The Morgan fingerprint density at radius 1 is 1.42 bits per heavy atom. The van der Waals surface area contributed by atoms with Crippen LogP contribution in [0.4, 0.5) is 5.69 Å². The van der Waals surface area contributed by atoms with Gasteiger partial charge in [0.2, 0.25) is 23.5 Å². The van der Waals surface area contributed by atoms with Crippen molar-refractivity contribution < 1.29 is 18.8 Å². The fourth-order valence-electron chi connectivity index (χ4n) is 2.10. The van der Waals surface area contributed by atoms with Gasteiger partial charge in [-0.2, -0.15) is 4.98 Å². The van der Waals surface area contributed by atoms with Gasteiger partial charge in [-0.3, -0.25) is 9.59 Å². The molecule has 9 heteroatoms. The van der Waals surface area contributed by atoms with Gasteiger partial charge in [0.15, 0.2) is 6.61 Å². The highest BCUT2D eigenvalue weighted by Gasteiger charge is 2.22. The van der Waals surface area contributed by atoms with E-state index in [2.05, 4.69) is 15.5 Å². The van der Waals surface area contributed by atoms with E-state index in [9.17, 15) is 9.59 Å². The summed E-state index contributed by atoms with van der Waals surface area (Å²) < 4.78 is 10.4. The number of ether oxygens (including phenoxy) is 1. The van der Waals surface area contributed by atoms with E-state index in [4.69, 9.17) is 9.26 Å². The highest BCUT2D eigenvalue weighted by molar-refractivity contribution is 8.00. The van der Waals surface area contributed by atoms with Gasteiger partial charge in [0, 0.05) is 12.6 Å². The molecular weight excluding hydrogens is 332 g/mol. The Morgan fingerprint density at radius 3 is 2.83 bits per heavy atom. The third-order valence-corrected chi connectivity index (χ3v) is 4.18. The summed E-state index contributed by atoms with van der Waals surface area (Å²) in [6.45, 7) is 1.99. The lowest BCUT2D eigenvalue weighted by molar-refractivity contribution is -0.130. The quantitative estimate of drug-likeness (QED) is 0.843. The largest absolute Gasteiger partial charge is 0.485 e. The standard InChI is InChI=1S/C15H16N4O4S/c1-10-16-13(18-23-10)7-22-12-4-2-11(3-5-12)17-14(20)6-19-9-24-8-15(19)21/h2-5H,6-9H2,1H3,(H,17,20). The summed E-state index contributed by atoms with van der Waals surface area (Å²) in [6, 6.07) is 6.93. The maximum Gasteiger partial charge on any atom is 0.244 e. The number of anilines is 1. The van der Waals surface area contributed by atoms with Gasteiger partial charge in [-0.25, -0.2) is 0 Å². The molecule has 1 fully saturated rings. The van der Waals surface area contributed by atoms with Crippen LogP contribution in [-0.2, 0) is 16.2 Å². The summed E-state index contributed by atoms with van der Waals surface area (Å²) in [5, 5.41) is 6.50. The minimum atomic E-state index is -0.221. The topological polar surface area (TPSA) is 97.6 Å². The highest BCUT2D eigenvalue weighted by atomic mass is 32.2. The van der Waals surface area contributed by atoms with E-state index in [0.717, 1.165) is 0 Å². The number of rotatable bonds is 6. The minimum absolute atomic E-state index is 0.00407. The Kier molecular flexibility index (Phi) is 4.99. The molecule has 1 aliphatic rings. The normalized spacial score (nSPS) is 14.0. The van der Waals surface area contributed by atoms with E-state index >= 15 is 0 Å². The molecule has 1 saturated heterocycles. The predicted octanol–water partition coefficient (Wildman–Crippen LogP) is 1.43. The van der Waals surface area contributed by atoms with Crippen molar-refractivity contribution in [2.75, 3.05) is 23.5 Å². The zero-order valence-electron chi connectivity index (χ0n) is 13.0. The Hall–Kier alpha value is -2.55. The second-order valence-corrected chi connectivity index (χ2v) is 6.12. The van der Waals surface area contributed by atoms with Crippen LogP contribution in [0.15, 0.2) is 28.8 Å². The van der Waals surface area contributed by atoms with E-state index in [1.165, 1.54) is 16.7 Å². The average molecular weight is 348 g/mol. The first-order valence-electron chi connectivity index (χ1n) is 7.27. The first-order valence-corrected chi connectivity index (χ1v) is 8.43. The van der Waals surface area contributed by atoms with Gasteiger partial charge in [0.05, 0.1) is 11.6 Å². The van der Waals surface area contributed by atoms with Gasteiger partial charge >= 0.3 is 0 Å². The summed E-state index contributed by atoms with van der Waals surface area (Å²) in [4.78, 5) is 29.0. The Bertz CT molecular complexity index is 731. The number of thioether (sulfide) groups is 1. The summed E-state index contributed by atoms with van der Waals surface area (Å²) >= 11 is 1.51. The number of hydrogen-bond donors (Lipinski definition) is 1. The number of nitrogens with zero attached hydrogens (tertiary/aromatic N) is 3. The van der Waals surface area contributed by atoms with E-state index in [1.807, 2.05) is 0 Å². The molecule has 0 bridgehead atoms. The molecule has 0 unspecified atom stereocenters. The average Bonchev–Trinajstić information content (AvgIpc) is 3.15. The molecule has 1 aromatic heterocycles. The van der Waals surface area contributed by atoms with Crippen molar-refractivity contribution in [2.45, 2.75) is 13.5 Å². The summed E-state index contributed by atoms with van der Waals surface area (Å²) in [7, 11) is 0. The van der Waals surface area contributed by atoms with Crippen LogP contribution in [0.1, 0.15) is 11.7 Å². The second kappa shape index (κ2) is 7.35. The SMILES string of the molecule is Cc1nc(COc2ccc(NC(=O)CN3CSCC3=O)cc2)no1. The van der Waals surface area contributed by atoms with Crippen LogP contribution < -0.4 is 10.1 Å². The van der Waals surface area contributed by atoms with Crippen LogP contribution in [0.5, 0.6) is 5.75 Å². The van der Waals surface area contributed by atoms with Crippen LogP contribution in [0, 0.1) is 6.92 Å². The van der Waals surface area contributed by atoms with Crippen molar-refractivity contribution in [3.63, 3.8) is 0 Å². The minimum Gasteiger partial charge on any atom is -0.485 e. The third kappa shape index (κ3) is 4.25. The molecule has 1 N–H and O–H groups in total. The number of aryl methyl sites for hydroxylation is 1. The van der Waals surface area contributed by atoms with Crippen LogP contribution in [0.25, 0.3) is 0 Å². The first kappa shape index (κ1) is 16.3. The Labute approximate surface area is 142 Å². The number of amides is 2. The monoisotopic (exact) mass is 348 g/mol. The molecule has 126 valence electrons. The zero-order chi connectivity index (χ0) is 16.9. The molecular formula is C15H16N4O4S. The summed E-state index contributed by atoms with van der Waals surface area (Å²) in [5.41, 5.74) is 0.641. The Balaban J connectivity index is 1.48. The fourth-order valence-corrected chi connectivity index (χ4v) is 3.00. The molecule has 0 spiro atoms. The van der Waals surface area contributed by atoms with Crippen LogP contribution in [-0.4, -0.2) is 45.0 Å². The van der Waals surface area contributed by atoms with Crippen molar-refractivity contribution in [2.24, 2.45) is 0 Å². The molecule has 2 aromatic rings. The molecule has 3 rings (SSSR count). The molecule has 0 atom stereocenters. The third-order valence-electron chi connectivity index (χ3n) is 3.24. The second-order valence-electron chi connectivity index (χ2n) is 5.16. The molecule has 0 radical (unpaired) electrons. The van der Waals surface area contributed by atoms with E-state index in [0.29, 0.717) is 34.8 Å². The molecule has 2 amide bonds. The van der Waals surface area contributed by atoms with Crippen LogP contribution in [0.2, 0.25) is 0 Å². The van der Waals surface area contributed by atoms with Crippen molar-refractivity contribution in [3.05, 3.63) is 36.0 Å². The van der Waals surface area contributed by atoms with E-state index in [-0.39, 0.29) is 25.0 Å². The van der Waals surface area contributed by atoms with Gasteiger partial charge in [-0.15, -0.1) is 11.8 Å². The molecule has 0 saturated carbocycles. The van der Waals surface area contributed by atoms with Gasteiger partial charge in [0.25, 0.3) is 0 Å². The predicted molar refractivity (Wildman–Crippen MR) is 87.5 cm³/mol. The number of nitrogens with one attached hydrogen (secondary N) is 1. The highest BCUT2D eigenvalue weighted by Crippen LogP contribution is 2.18. The smallest absolute Gasteiger partial charge is 0.244 e. The van der Waals surface area contributed by atoms with E-state index < -0.39 is 0 Å². The van der Waals surface area contributed by atoms with Crippen LogP contribution in [0.3, 0.4) is 0 Å². The lowest BCUT2D eigenvalue weighted by Crippen LogP contribution is -2.34. The van der Waals surface area contributed by atoms with E-state index in [1.54, 1.807) is 31.2 Å². The maximum atomic E-state index is 11.9. The lowest BCUT2D eigenvalue weighted by Gasteiger charge is -2.14. The molecule has 24 heavy (non-hydrogen) atoms. The van der Waals surface area contributed by atoms with Crippen molar-refractivity contribution in [3.8, 4) is 5.75 Å². The number of carbonyl (C=O) groups excluding carboxylic acids is 2. The van der Waals surface area contributed by atoms with Crippen molar-refractivity contribution in [1.82, 2.24) is 15.0 Å². The van der Waals surface area contributed by atoms with Gasteiger partial charge in [-0.05, 0) is 24.3 Å². The maximum absolute atomic E-state index is 11.9. The molecule has 0 aliphatic carbocycles. The lowest BCUT2D eigenvalue weighted by atomic mass is 10.3. The first-order chi connectivity index (χ1) is 11.6. The van der Waals surface area contributed by atoms with Gasteiger partial charge < -0.3 is 19.5 Å². The Morgan fingerprint density at radius 2 is 2.21 bits per heavy atom. The summed E-state index contributed by atoms with van der Waals surface area (Å²) in [6.07, 6.45) is 0. The number of carbonyl (C=O) groups is 2. The zero-order valence-corrected chi connectivity index (χ0v) is 13.8. The summed E-state index contributed by atoms with van der Waals surface area (Å²) in [5.74, 6) is 2.37. The molecule has 1 aliphatic heterocycles. The van der Waals surface area contributed by atoms with Crippen molar-refractivity contribution >= 4 is 29.3 Å². The molecule has 2 heterocycles. The van der Waals surface area contributed by atoms with Crippen LogP contribution >= 0.6 is 11.8 Å². The fraction of sp³-hybridized carbons (Fsp3) is 0.333. The number of aromatic nitrogens is 2. The number of benzene rings is 1. The van der Waals surface area contributed by atoms with Gasteiger partial charge in [-0.1, -0.05) is 5.16 Å². The molecule has 1 aromatic carbocycles. The molecule has 8 nitrogen and oxygen atoms in total. The van der Waals surface area contributed by atoms with Gasteiger partial charge in [0.1, 0.15) is 12.3 Å². The van der Waals surface area contributed by atoms with Crippen molar-refractivity contribution in [1.29, 1.82) is 0 Å². The number of hydrogen-bond acceptors (Lipinski definition) is 7.